The molecule has 0 heterocycles. The minimum absolute atomic E-state index is 0.124. The van der Waals surface area contributed by atoms with Gasteiger partial charge >= 0.3 is 0 Å². The number of benzene rings is 1. The Hall–Kier alpha value is -1.11. The van der Waals surface area contributed by atoms with Gasteiger partial charge in [0, 0.05) is 6.04 Å². The number of sulfonamides is 1. The molecule has 21 heavy (non-hydrogen) atoms. The quantitative estimate of drug-likeness (QED) is 0.649. The number of hydrogen-bond acceptors (Lipinski definition) is 4. The lowest BCUT2D eigenvalue weighted by molar-refractivity contribution is 0.308. The van der Waals surface area contributed by atoms with Gasteiger partial charge in [-0.25, -0.2) is 13.1 Å². The molecule has 0 fully saturated rings. The van der Waals surface area contributed by atoms with Crippen molar-refractivity contribution in [3.8, 4) is 5.75 Å². The molecule has 0 aliphatic rings. The molecule has 0 saturated carbocycles. The first-order chi connectivity index (χ1) is 9.95. The van der Waals surface area contributed by atoms with Crippen molar-refractivity contribution in [2.24, 2.45) is 0 Å². The first-order valence-electron chi connectivity index (χ1n) is 7.41. The Kier molecular flexibility index (Phi) is 7.71. The van der Waals surface area contributed by atoms with Gasteiger partial charge in [0.2, 0.25) is 10.0 Å². The summed E-state index contributed by atoms with van der Waals surface area (Å²) in [6.45, 7) is 8.29. The monoisotopic (exact) mass is 314 g/mol. The molecule has 0 radical (unpaired) electrons. The van der Waals surface area contributed by atoms with Gasteiger partial charge in [-0.2, -0.15) is 0 Å². The molecule has 1 aromatic rings. The Balaban J connectivity index is 2.44. The van der Waals surface area contributed by atoms with E-state index in [4.69, 9.17) is 4.74 Å². The lowest BCUT2D eigenvalue weighted by atomic mass is 10.3. The molecule has 0 bridgehead atoms. The highest BCUT2D eigenvalue weighted by Gasteiger charge is 2.14. The molecule has 0 aliphatic carbocycles. The van der Waals surface area contributed by atoms with E-state index in [1.54, 1.807) is 38.1 Å². The molecule has 0 saturated heterocycles. The molecule has 2 N–H and O–H groups in total. The average Bonchev–Trinajstić information content (AvgIpc) is 2.42. The summed E-state index contributed by atoms with van der Waals surface area (Å²) in [5.74, 6) is 0.689. The Bertz CT molecular complexity index is 498. The summed E-state index contributed by atoms with van der Waals surface area (Å²) in [5, 5.41) is 3.30. The van der Waals surface area contributed by atoms with Crippen molar-refractivity contribution in [2.75, 3.05) is 19.7 Å². The molecule has 0 spiro atoms. The molecule has 0 aliphatic heterocycles. The molecule has 0 amide bonds. The van der Waals surface area contributed by atoms with Crippen LogP contribution in [0, 0.1) is 0 Å². The minimum Gasteiger partial charge on any atom is -0.494 e. The Morgan fingerprint density at radius 2 is 1.81 bits per heavy atom. The maximum Gasteiger partial charge on any atom is 0.240 e. The van der Waals surface area contributed by atoms with Crippen molar-refractivity contribution in [3.05, 3.63) is 24.3 Å². The van der Waals surface area contributed by atoms with E-state index < -0.39 is 10.0 Å². The normalized spacial score (nSPS) is 11.8. The van der Waals surface area contributed by atoms with Crippen LogP contribution >= 0.6 is 0 Å². The number of hydrogen-bond donors (Lipinski definition) is 2. The SMILES string of the molecule is CCCNCCCOc1ccc(S(=O)(=O)NC(C)C)cc1. The largest absolute Gasteiger partial charge is 0.494 e. The smallest absolute Gasteiger partial charge is 0.240 e. The fourth-order valence-electron chi connectivity index (χ4n) is 1.78. The van der Waals surface area contributed by atoms with Crippen LogP contribution in [0.15, 0.2) is 29.2 Å². The van der Waals surface area contributed by atoms with Crippen molar-refractivity contribution in [2.45, 2.75) is 44.6 Å². The molecule has 0 aromatic heterocycles. The number of rotatable bonds is 10. The Labute approximate surface area is 128 Å². The predicted molar refractivity (Wildman–Crippen MR) is 85.2 cm³/mol. The number of ether oxygens (including phenoxy) is 1. The second kappa shape index (κ2) is 9.02. The van der Waals surface area contributed by atoms with Gasteiger partial charge in [0.25, 0.3) is 0 Å². The predicted octanol–water partition coefficient (Wildman–Crippen LogP) is 2.14. The van der Waals surface area contributed by atoms with Crippen molar-refractivity contribution in [1.82, 2.24) is 10.0 Å². The Morgan fingerprint density at radius 1 is 1.14 bits per heavy atom. The molecule has 1 rings (SSSR count). The van der Waals surface area contributed by atoms with E-state index in [0.29, 0.717) is 12.4 Å². The van der Waals surface area contributed by atoms with E-state index in [9.17, 15) is 8.42 Å². The zero-order valence-corrected chi connectivity index (χ0v) is 13.9. The lowest BCUT2D eigenvalue weighted by Gasteiger charge is -2.10. The van der Waals surface area contributed by atoms with Crippen molar-refractivity contribution in [3.63, 3.8) is 0 Å². The van der Waals surface area contributed by atoms with E-state index in [0.717, 1.165) is 25.9 Å². The van der Waals surface area contributed by atoms with Crippen molar-refractivity contribution in [1.29, 1.82) is 0 Å². The summed E-state index contributed by atoms with van der Waals surface area (Å²) in [4.78, 5) is 0.258. The molecule has 1 aromatic carbocycles. The highest BCUT2D eigenvalue weighted by Crippen LogP contribution is 2.16. The van der Waals surface area contributed by atoms with Crippen LogP contribution in [0.2, 0.25) is 0 Å². The van der Waals surface area contributed by atoms with Gasteiger partial charge < -0.3 is 10.1 Å². The molecule has 120 valence electrons. The van der Waals surface area contributed by atoms with Crippen LogP contribution in [-0.2, 0) is 10.0 Å². The van der Waals surface area contributed by atoms with Crippen molar-refractivity contribution >= 4 is 10.0 Å². The minimum atomic E-state index is -3.43. The van der Waals surface area contributed by atoms with Crippen LogP contribution in [0.4, 0.5) is 0 Å². The van der Waals surface area contributed by atoms with Gasteiger partial charge in [0.15, 0.2) is 0 Å². The fraction of sp³-hybridized carbons (Fsp3) is 0.600. The summed E-state index contributed by atoms with van der Waals surface area (Å²) < 4.78 is 32.0. The standard InChI is InChI=1S/C15H26N2O3S/c1-4-10-16-11-5-12-20-14-6-8-15(9-7-14)21(18,19)17-13(2)3/h6-9,13,16-17H,4-5,10-12H2,1-3H3. The fourth-order valence-corrected chi connectivity index (χ4v) is 3.03. The van der Waals surface area contributed by atoms with Crippen molar-refractivity contribution < 1.29 is 13.2 Å². The van der Waals surface area contributed by atoms with E-state index in [1.807, 2.05) is 0 Å². The van der Waals surface area contributed by atoms with Crippen LogP contribution in [0.25, 0.3) is 0 Å². The van der Waals surface area contributed by atoms with Gasteiger partial charge in [-0.05, 0) is 64.0 Å². The third-order valence-corrected chi connectivity index (χ3v) is 4.39. The average molecular weight is 314 g/mol. The zero-order valence-electron chi connectivity index (χ0n) is 13.1. The van der Waals surface area contributed by atoms with Crippen LogP contribution in [0.3, 0.4) is 0 Å². The van der Waals surface area contributed by atoms with E-state index >= 15 is 0 Å². The first kappa shape index (κ1) is 17.9. The molecule has 0 unspecified atom stereocenters. The Morgan fingerprint density at radius 3 is 2.38 bits per heavy atom. The highest BCUT2D eigenvalue weighted by atomic mass is 32.2. The summed E-state index contributed by atoms with van der Waals surface area (Å²) >= 11 is 0. The van der Waals surface area contributed by atoms with Gasteiger partial charge in [-0.3, -0.25) is 0 Å². The topological polar surface area (TPSA) is 67.4 Å². The van der Waals surface area contributed by atoms with E-state index in [2.05, 4.69) is 17.0 Å². The van der Waals surface area contributed by atoms with Crippen LogP contribution in [-0.4, -0.2) is 34.2 Å². The van der Waals surface area contributed by atoms with E-state index in [1.165, 1.54) is 0 Å². The summed E-state index contributed by atoms with van der Waals surface area (Å²) in [7, 11) is -3.43. The summed E-state index contributed by atoms with van der Waals surface area (Å²) in [6, 6.07) is 6.38. The molecule has 5 nitrogen and oxygen atoms in total. The molecular weight excluding hydrogens is 288 g/mol. The maximum absolute atomic E-state index is 12.0. The van der Waals surface area contributed by atoms with E-state index in [-0.39, 0.29) is 10.9 Å². The molecule has 0 atom stereocenters. The zero-order chi connectivity index (χ0) is 15.7. The molecule has 6 heteroatoms. The third kappa shape index (κ3) is 6.93. The third-order valence-electron chi connectivity index (χ3n) is 2.72. The van der Waals surface area contributed by atoms with Crippen LogP contribution in [0.5, 0.6) is 5.75 Å². The second-order valence-electron chi connectivity index (χ2n) is 5.20. The van der Waals surface area contributed by atoms with Crippen LogP contribution < -0.4 is 14.8 Å². The van der Waals surface area contributed by atoms with Gasteiger partial charge in [-0.1, -0.05) is 6.92 Å². The number of nitrogens with one attached hydrogen (secondary N) is 2. The summed E-state index contributed by atoms with van der Waals surface area (Å²) in [6.07, 6.45) is 2.05. The summed E-state index contributed by atoms with van der Waals surface area (Å²) in [5.41, 5.74) is 0. The first-order valence-corrected chi connectivity index (χ1v) is 8.90. The van der Waals surface area contributed by atoms with Crippen LogP contribution in [0.1, 0.15) is 33.6 Å². The highest BCUT2D eigenvalue weighted by molar-refractivity contribution is 7.89. The van der Waals surface area contributed by atoms with Gasteiger partial charge in [0.05, 0.1) is 11.5 Å². The molecular formula is C15H26N2O3S. The van der Waals surface area contributed by atoms with Gasteiger partial charge in [-0.15, -0.1) is 0 Å². The second-order valence-corrected chi connectivity index (χ2v) is 6.91. The van der Waals surface area contributed by atoms with Gasteiger partial charge in [0.1, 0.15) is 5.75 Å². The maximum atomic E-state index is 12.0. The lowest BCUT2D eigenvalue weighted by Crippen LogP contribution is -2.30.